The van der Waals surface area contributed by atoms with Crippen molar-refractivity contribution in [2.75, 3.05) is 34.1 Å². The number of hydrogen-bond donors (Lipinski definition) is 2. The van der Waals surface area contributed by atoms with Crippen LogP contribution in [-0.2, 0) is 16.4 Å². The van der Waals surface area contributed by atoms with Crippen LogP contribution in [0.15, 0.2) is 45.6 Å². The Bertz CT molecular complexity index is 898. The Hall–Kier alpha value is -2.30. The van der Waals surface area contributed by atoms with E-state index in [1.165, 1.54) is 31.2 Å². The number of hydrogen-bond acceptors (Lipinski definition) is 8. The van der Waals surface area contributed by atoms with Crippen LogP contribution in [0.1, 0.15) is 4.88 Å². The normalized spacial score (nSPS) is 15.0. The van der Waals surface area contributed by atoms with Crippen LogP contribution in [0.25, 0.3) is 0 Å². The van der Waals surface area contributed by atoms with Crippen LogP contribution < -0.4 is 19.5 Å². The fourth-order valence-electron chi connectivity index (χ4n) is 2.57. The Morgan fingerprint density at radius 1 is 1.26 bits per heavy atom. The third-order valence-electron chi connectivity index (χ3n) is 4.05. The number of thiophene rings is 1. The van der Waals surface area contributed by atoms with Crippen LogP contribution in [0, 0.1) is 0 Å². The summed E-state index contributed by atoms with van der Waals surface area (Å²) in [5, 5.41) is 5.07. The van der Waals surface area contributed by atoms with Crippen LogP contribution in [0.2, 0.25) is 0 Å². The summed E-state index contributed by atoms with van der Waals surface area (Å²) in [6.45, 7) is 1.81. The van der Waals surface area contributed by atoms with Crippen molar-refractivity contribution >= 4 is 27.3 Å². The lowest BCUT2D eigenvalue weighted by molar-refractivity contribution is 0.267. The minimum absolute atomic E-state index is 0.0739. The van der Waals surface area contributed by atoms with Crippen LogP contribution in [-0.4, -0.2) is 53.4 Å². The summed E-state index contributed by atoms with van der Waals surface area (Å²) in [6.07, 6.45) is 0.946. The Labute approximate surface area is 162 Å². The zero-order valence-corrected chi connectivity index (χ0v) is 16.8. The minimum atomic E-state index is -3.78. The first-order valence-electron chi connectivity index (χ1n) is 8.30. The van der Waals surface area contributed by atoms with Gasteiger partial charge >= 0.3 is 0 Å². The molecule has 0 fully saturated rings. The highest BCUT2D eigenvalue weighted by Crippen LogP contribution is 2.29. The van der Waals surface area contributed by atoms with Gasteiger partial charge in [-0.25, -0.2) is 18.1 Å². The number of ether oxygens (including phenoxy) is 2. The Morgan fingerprint density at radius 2 is 2.07 bits per heavy atom. The summed E-state index contributed by atoms with van der Waals surface area (Å²) in [4.78, 5) is 7.78. The zero-order valence-electron chi connectivity index (χ0n) is 15.1. The topological polar surface area (TPSA) is 92.3 Å². The maximum atomic E-state index is 12.6. The minimum Gasteiger partial charge on any atom is -0.493 e. The first-order chi connectivity index (χ1) is 13.0. The van der Waals surface area contributed by atoms with E-state index in [0.717, 1.165) is 13.0 Å². The van der Waals surface area contributed by atoms with E-state index in [-0.39, 0.29) is 10.9 Å². The number of aliphatic imine (C=N–C) groups is 1. The summed E-state index contributed by atoms with van der Waals surface area (Å²) >= 11 is 1.73. The summed E-state index contributed by atoms with van der Waals surface area (Å²) in [7, 11) is -0.826. The van der Waals surface area contributed by atoms with Gasteiger partial charge in [0.1, 0.15) is 0 Å². The fourth-order valence-corrected chi connectivity index (χ4v) is 4.29. The molecule has 10 heteroatoms. The Balaban J connectivity index is 1.61. The van der Waals surface area contributed by atoms with E-state index in [1.807, 2.05) is 6.07 Å². The number of benzene rings is 1. The van der Waals surface area contributed by atoms with E-state index in [1.54, 1.807) is 17.4 Å². The second-order valence-electron chi connectivity index (χ2n) is 5.83. The lowest BCUT2D eigenvalue weighted by Crippen LogP contribution is -2.50. The molecule has 0 unspecified atom stereocenters. The monoisotopic (exact) mass is 410 g/mol. The quantitative estimate of drug-likeness (QED) is 0.718. The van der Waals surface area contributed by atoms with Crippen LogP contribution in [0.5, 0.6) is 11.5 Å². The van der Waals surface area contributed by atoms with E-state index in [9.17, 15) is 8.42 Å². The molecule has 8 nitrogen and oxygen atoms in total. The molecule has 0 saturated heterocycles. The van der Waals surface area contributed by atoms with Crippen LogP contribution in [0.4, 0.5) is 0 Å². The van der Waals surface area contributed by atoms with E-state index in [2.05, 4.69) is 31.4 Å². The molecular formula is C17H22N4O4S2. The smallest absolute Gasteiger partial charge is 0.264 e. The summed E-state index contributed by atoms with van der Waals surface area (Å²) in [5.74, 6) is 1.04. The van der Waals surface area contributed by atoms with E-state index in [4.69, 9.17) is 9.47 Å². The molecule has 2 heterocycles. The molecule has 1 aromatic carbocycles. The number of nitrogens with zero attached hydrogens (tertiary/aromatic N) is 2. The molecule has 0 aliphatic carbocycles. The molecule has 1 aromatic heterocycles. The molecule has 27 heavy (non-hydrogen) atoms. The maximum Gasteiger partial charge on any atom is 0.264 e. The van der Waals surface area contributed by atoms with Crippen molar-refractivity contribution in [2.24, 2.45) is 4.99 Å². The van der Waals surface area contributed by atoms with Gasteiger partial charge in [-0.15, -0.1) is 11.3 Å². The highest BCUT2D eigenvalue weighted by atomic mass is 32.2. The van der Waals surface area contributed by atoms with Crippen molar-refractivity contribution in [2.45, 2.75) is 11.3 Å². The molecule has 2 aromatic rings. The summed E-state index contributed by atoms with van der Waals surface area (Å²) < 4.78 is 38.0. The van der Waals surface area contributed by atoms with E-state index >= 15 is 0 Å². The predicted molar refractivity (Wildman–Crippen MR) is 105 cm³/mol. The molecule has 0 bridgehead atoms. The first kappa shape index (κ1) is 19.5. The molecule has 0 amide bonds. The van der Waals surface area contributed by atoms with Crippen molar-refractivity contribution in [3.05, 3.63) is 40.6 Å². The van der Waals surface area contributed by atoms with Gasteiger partial charge in [-0.2, -0.15) is 0 Å². The standard InChI is InChI=1S/C17H22N4O4S2/c1-24-15-6-5-14(10-16(15)25-2)27(22,23)20-17-18-11-21(12-19-17)8-7-13-4-3-9-26-13/h3-6,9-10H,7-8,11-12H2,1-2H3,(H2,18,19,20). The average Bonchev–Trinajstić information content (AvgIpc) is 3.20. The third-order valence-corrected chi connectivity index (χ3v) is 6.32. The van der Waals surface area contributed by atoms with Gasteiger partial charge in [0.2, 0.25) is 5.96 Å². The first-order valence-corrected chi connectivity index (χ1v) is 10.7. The third kappa shape index (κ3) is 4.90. The van der Waals surface area contributed by atoms with E-state index < -0.39 is 10.0 Å². The van der Waals surface area contributed by atoms with Gasteiger partial charge in [-0.3, -0.25) is 4.90 Å². The van der Waals surface area contributed by atoms with Gasteiger partial charge < -0.3 is 14.8 Å². The van der Waals surface area contributed by atoms with Gasteiger partial charge in [0, 0.05) is 17.5 Å². The lowest BCUT2D eigenvalue weighted by atomic mass is 10.3. The molecule has 0 spiro atoms. The molecule has 146 valence electrons. The molecule has 2 N–H and O–H groups in total. The molecule has 1 aliphatic heterocycles. The average molecular weight is 411 g/mol. The van der Waals surface area contributed by atoms with Crippen LogP contribution in [0.3, 0.4) is 0 Å². The number of rotatable bonds is 7. The van der Waals surface area contributed by atoms with Gasteiger partial charge in [-0.05, 0) is 30.0 Å². The van der Waals surface area contributed by atoms with Gasteiger partial charge in [0.15, 0.2) is 11.5 Å². The molecule has 1 aliphatic rings. The zero-order chi connectivity index (χ0) is 19.3. The van der Waals surface area contributed by atoms with Crippen molar-refractivity contribution in [1.29, 1.82) is 0 Å². The fraction of sp³-hybridized carbons (Fsp3) is 0.353. The lowest BCUT2D eigenvalue weighted by Gasteiger charge is -2.26. The van der Waals surface area contributed by atoms with Crippen molar-refractivity contribution in [3.8, 4) is 11.5 Å². The number of guanidine groups is 1. The predicted octanol–water partition coefficient (Wildman–Crippen LogP) is 1.46. The SMILES string of the molecule is COc1ccc(S(=O)(=O)NC2=NCN(CCc3cccs3)CN2)cc1OC. The van der Waals surface area contributed by atoms with E-state index in [0.29, 0.717) is 24.8 Å². The van der Waals surface area contributed by atoms with Crippen molar-refractivity contribution < 1.29 is 17.9 Å². The Kier molecular flexibility index (Phi) is 6.19. The highest BCUT2D eigenvalue weighted by molar-refractivity contribution is 7.90. The second-order valence-corrected chi connectivity index (χ2v) is 8.54. The number of sulfonamides is 1. The summed E-state index contributed by atoms with van der Waals surface area (Å²) in [6, 6.07) is 8.57. The highest BCUT2D eigenvalue weighted by Gasteiger charge is 2.21. The molecular weight excluding hydrogens is 388 g/mol. The largest absolute Gasteiger partial charge is 0.493 e. The maximum absolute atomic E-state index is 12.6. The van der Waals surface area contributed by atoms with Crippen LogP contribution >= 0.6 is 11.3 Å². The molecule has 0 atom stereocenters. The number of methoxy groups -OCH3 is 2. The van der Waals surface area contributed by atoms with Crippen molar-refractivity contribution in [1.82, 2.24) is 14.9 Å². The molecule has 0 saturated carbocycles. The van der Waals surface area contributed by atoms with Gasteiger partial charge in [0.25, 0.3) is 10.0 Å². The molecule has 3 rings (SSSR count). The molecule has 0 radical (unpaired) electrons. The van der Waals surface area contributed by atoms with Crippen molar-refractivity contribution in [3.63, 3.8) is 0 Å². The number of nitrogens with one attached hydrogen (secondary N) is 2. The second kappa shape index (κ2) is 8.59. The van der Waals surface area contributed by atoms with Gasteiger partial charge in [0.05, 0.1) is 32.5 Å². The Morgan fingerprint density at radius 3 is 2.70 bits per heavy atom. The summed E-state index contributed by atoms with van der Waals surface area (Å²) in [5.41, 5.74) is 0. The van der Waals surface area contributed by atoms with Gasteiger partial charge in [-0.1, -0.05) is 6.07 Å².